The van der Waals surface area contributed by atoms with Gasteiger partial charge in [-0.1, -0.05) is 0 Å². The van der Waals surface area contributed by atoms with Gasteiger partial charge in [0, 0.05) is 25.3 Å². The minimum atomic E-state index is 0.694. The van der Waals surface area contributed by atoms with Crippen LogP contribution in [0.4, 0.5) is 5.82 Å². The summed E-state index contributed by atoms with van der Waals surface area (Å²) < 4.78 is 0. The van der Waals surface area contributed by atoms with E-state index in [9.17, 15) is 0 Å². The van der Waals surface area contributed by atoms with E-state index in [0.29, 0.717) is 5.56 Å². The van der Waals surface area contributed by atoms with Gasteiger partial charge in [-0.15, -0.1) is 0 Å². The number of rotatable bonds is 2. The molecule has 4 heteroatoms. The summed E-state index contributed by atoms with van der Waals surface area (Å²) in [5, 5.41) is 12.8. The molecule has 0 aliphatic carbocycles. The fraction of sp³-hybridized carbons (Fsp3) is 0.600. The van der Waals surface area contributed by atoms with E-state index in [-0.39, 0.29) is 0 Å². The molecule has 2 saturated heterocycles. The summed E-state index contributed by atoms with van der Waals surface area (Å²) in [5.41, 5.74) is 0.694. The Kier molecular flexibility index (Phi) is 3.65. The highest BCUT2D eigenvalue weighted by Crippen LogP contribution is 2.28. The summed E-state index contributed by atoms with van der Waals surface area (Å²) in [7, 11) is 0. The molecule has 2 aliphatic heterocycles. The Balaban J connectivity index is 1.65. The molecule has 100 valence electrons. The molecule has 19 heavy (non-hydrogen) atoms. The van der Waals surface area contributed by atoms with Gasteiger partial charge in [0.05, 0.1) is 5.56 Å². The third-order valence-corrected chi connectivity index (χ3v) is 4.41. The number of piperidine rings is 1. The van der Waals surface area contributed by atoms with Crippen LogP contribution in [0.15, 0.2) is 18.3 Å². The maximum absolute atomic E-state index is 9.15. The SMILES string of the molecule is N#Cc1cccnc1N1CCC(C2CCCN2)CC1. The predicted octanol–water partition coefficient (Wildman–Crippen LogP) is 1.92. The third kappa shape index (κ3) is 2.57. The summed E-state index contributed by atoms with van der Waals surface area (Å²) in [5.74, 6) is 1.66. The van der Waals surface area contributed by atoms with Crippen LogP contribution in [0.5, 0.6) is 0 Å². The summed E-state index contributed by atoms with van der Waals surface area (Å²) in [6.45, 7) is 3.23. The number of pyridine rings is 1. The van der Waals surface area contributed by atoms with Crippen molar-refractivity contribution in [3.63, 3.8) is 0 Å². The second-order valence-electron chi connectivity index (χ2n) is 5.51. The van der Waals surface area contributed by atoms with Crippen LogP contribution >= 0.6 is 0 Å². The molecule has 0 aromatic carbocycles. The molecule has 0 bridgehead atoms. The minimum absolute atomic E-state index is 0.694. The van der Waals surface area contributed by atoms with E-state index in [2.05, 4.69) is 21.3 Å². The molecule has 1 aromatic rings. The number of hydrogen-bond acceptors (Lipinski definition) is 4. The maximum Gasteiger partial charge on any atom is 0.146 e. The van der Waals surface area contributed by atoms with Crippen LogP contribution in [-0.2, 0) is 0 Å². The summed E-state index contributed by atoms with van der Waals surface area (Å²) in [6.07, 6.45) is 6.85. The minimum Gasteiger partial charge on any atom is -0.356 e. The Bertz CT molecular complexity index is 465. The molecule has 1 unspecified atom stereocenters. The first kappa shape index (κ1) is 12.4. The van der Waals surface area contributed by atoms with E-state index in [1.807, 2.05) is 12.1 Å². The first-order chi connectivity index (χ1) is 9.38. The molecular formula is C15H20N4. The van der Waals surface area contributed by atoms with Crippen LogP contribution in [0.25, 0.3) is 0 Å². The topological polar surface area (TPSA) is 52.0 Å². The highest BCUT2D eigenvalue weighted by atomic mass is 15.2. The molecule has 0 spiro atoms. The van der Waals surface area contributed by atoms with Crippen molar-refractivity contribution >= 4 is 5.82 Å². The number of nitrogens with zero attached hydrogens (tertiary/aromatic N) is 3. The lowest BCUT2D eigenvalue weighted by Crippen LogP contribution is -2.41. The molecule has 1 N–H and O–H groups in total. The van der Waals surface area contributed by atoms with E-state index >= 15 is 0 Å². The van der Waals surface area contributed by atoms with Crippen LogP contribution < -0.4 is 10.2 Å². The second kappa shape index (κ2) is 5.58. The summed E-state index contributed by atoms with van der Waals surface area (Å²) >= 11 is 0. The van der Waals surface area contributed by atoms with Crippen molar-refractivity contribution in [1.29, 1.82) is 5.26 Å². The number of hydrogen-bond donors (Lipinski definition) is 1. The van der Waals surface area contributed by atoms with Crippen molar-refractivity contribution < 1.29 is 0 Å². The van der Waals surface area contributed by atoms with Crippen molar-refractivity contribution in [2.45, 2.75) is 31.7 Å². The third-order valence-electron chi connectivity index (χ3n) is 4.41. The van der Waals surface area contributed by atoms with Gasteiger partial charge in [0.2, 0.25) is 0 Å². The smallest absolute Gasteiger partial charge is 0.146 e. The Hall–Kier alpha value is -1.60. The molecule has 0 radical (unpaired) electrons. The fourth-order valence-electron chi connectivity index (χ4n) is 3.36. The van der Waals surface area contributed by atoms with E-state index in [1.165, 1.54) is 32.2 Å². The predicted molar refractivity (Wildman–Crippen MR) is 74.9 cm³/mol. The van der Waals surface area contributed by atoms with Gasteiger partial charge in [0.25, 0.3) is 0 Å². The van der Waals surface area contributed by atoms with Crippen LogP contribution in [-0.4, -0.2) is 30.7 Å². The highest BCUT2D eigenvalue weighted by Gasteiger charge is 2.29. The summed E-state index contributed by atoms with van der Waals surface area (Å²) in [6, 6.07) is 6.65. The van der Waals surface area contributed by atoms with Crippen molar-refractivity contribution in [2.75, 3.05) is 24.5 Å². The van der Waals surface area contributed by atoms with Crippen molar-refractivity contribution in [3.8, 4) is 6.07 Å². The average Bonchev–Trinajstić information content (AvgIpc) is 3.02. The maximum atomic E-state index is 9.15. The molecule has 4 nitrogen and oxygen atoms in total. The molecular weight excluding hydrogens is 236 g/mol. The lowest BCUT2D eigenvalue weighted by Gasteiger charge is -2.35. The monoisotopic (exact) mass is 256 g/mol. The number of nitriles is 1. The zero-order valence-corrected chi connectivity index (χ0v) is 11.2. The Labute approximate surface area is 114 Å². The van der Waals surface area contributed by atoms with Crippen LogP contribution in [0.2, 0.25) is 0 Å². The Morgan fingerprint density at radius 1 is 1.32 bits per heavy atom. The molecule has 2 fully saturated rings. The molecule has 1 aromatic heterocycles. The van der Waals surface area contributed by atoms with Crippen LogP contribution in [0.3, 0.4) is 0 Å². The lowest BCUT2D eigenvalue weighted by atomic mass is 9.88. The zero-order valence-electron chi connectivity index (χ0n) is 11.2. The van der Waals surface area contributed by atoms with Gasteiger partial charge in [0.15, 0.2) is 0 Å². The number of anilines is 1. The first-order valence-corrected chi connectivity index (χ1v) is 7.22. The first-order valence-electron chi connectivity index (χ1n) is 7.22. The second-order valence-corrected chi connectivity index (χ2v) is 5.51. The molecule has 0 saturated carbocycles. The van der Waals surface area contributed by atoms with Gasteiger partial charge in [-0.3, -0.25) is 0 Å². The molecule has 2 aliphatic rings. The lowest BCUT2D eigenvalue weighted by molar-refractivity contribution is 0.318. The Morgan fingerprint density at radius 3 is 2.84 bits per heavy atom. The highest BCUT2D eigenvalue weighted by molar-refractivity contribution is 5.53. The molecule has 1 atom stereocenters. The fourth-order valence-corrected chi connectivity index (χ4v) is 3.36. The molecule has 0 amide bonds. The molecule has 3 heterocycles. The molecule has 3 rings (SSSR count). The van der Waals surface area contributed by atoms with Gasteiger partial charge in [-0.25, -0.2) is 4.98 Å². The quantitative estimate of drug-likeness (QED) is 0.878. The van der Waals surface area contributed by atoms with Gasteiger partial charge in [0.1, 0.15) is 11.9 Å². The van der Waals surface area contributed by atoms with Crippen LogP contribution in [0, 0.1) is 17.2 Å². The van der Waals surface area contributed by atoms with E-state index in [0.717, 1.165) is 30.9 Å². The van der Waals surface area contributed by atoms with Crippen molar-refractivity contribution in [3.05, 3.63) is 23.9 Å². The van der Waals surface area contributed by atoms with E-state index in [4.69, 9.17) is 5.26 Å². The number of aromatic nitrogens is 1. The Morgan fingerprint density at radius 2 is 2.16 bits per heavy atom. The normalized spacial score (nSPS) is 24.4. The van der Waals surface area contributed by atoms with Gasteiger partial charge in [-0.2, -0.15) is 5.26 Å². The van der Waals surface area contributed by atoms with Gasteiger partial charge >= 0.3 is 0 Å². The van der Waals surface area contributed by atoms with E-state index in [1.54, 1.807) is 6.20 Å². The van der Waals surface area contributed by atoms with Gasteiger partial charge in [-0.05, 0) is 50.3 Å². The van der Waals surface area contributed by atoms with Crippen molar-refractivity contribution in [1.82, 2.24) is 10.3 Å². The average molecular weight is 256 g/mol. The standard InChI is InChI=1S/C15H20N4/c16-11-13-3-1-8-18-15(13)19-9-5-12(6-10-19)14-4-2-7-17-14/h1,3,8,12,14,17H,2,4-7,9-10H2. The zero-order chi connectivity index (χ0) is 13.1. The summed E-state index contributed by atoms with van der Waals surface area (Å²) in [4.78, 5) is 6.65. The van der Waals surface area contributed by atoms with Gasteiger partial charge < -0.3 is 10.2 Å². The van der Waals surface area contributed by atoms with Crippen molar-refractivity contribution in [2.24, 2.45) is 5.92 Å². The van der Waals surface area contributed by atoms with Crippen LogP contribution in [0.1, 0.15) is 31.2 Å². The van der Waals surface area contributed by atoms with E-state index < -0.39 is 0 Å². The largest absolute Gasteiger partial charge is 0.356 e. The number of nitrogens with one attached hydrogen (secondary N) is 1.